The SMILES string of the molecule is COC(=O)CCCCCC[C@H]1C(O)CC(O)[C@@H]1SCC(C)(O)COc1ccccc1. The summed E-state index contributed by atoms with van der Waals surface area (Å²) in [5.74, 6) is 0.967. The fourth-order valence-corrected chi connectivity index (χ4v) is 5.36. The van der Waals surface area contributed by atoms with Gasteiger partial charge >= 0.3 is 5.97 Å². The minimum atomic E-state index is -1.04. The van der Waals surface area contributed by atoms with Crippen LogP contribution in [0, 0.1) is 5.92 Å². The van der Waals surface area contributed by atoms with Crippen molar-refractivity contribution in [3.05, 3.63) is 30.3 Å². The van der Waals surface area contributed by atoms with E-state index in [2.05, 4.69) is 4.74 Å². The molecule has 3 unspecified atom stereocenters. The van der Waals surface area contributed by atoms with Gasteiger partial charge in [0.05, 0.1) is 19.3 Å². The summed E-state index contributed by atoms with van der Waals surface area (Å²) in [4.78, 5) is 11.1. The van der Waals surface area contributed by atoms with Gasteiger partial charge in [0.15, 0.2) is 0 Å². The minimum Gasteiger partial charge on any atom is -0.491 e. The molecule has 6 nitrogen and oxygen atoms in total. The minimum absolute atomic E-state index is 0.0106. The number of rotatable bonds is 13. The van der Waals surface area contributed by atoms with Crippen molar-refractivity contribution >= 4 is 17.7 Å². The van der Waals surface area contributed by atoms with Crippen molar-refractivity contribution in [2.24, 2.45) is 5.92 Å². The Morgan fingerprint density at radius 2 is 1.83 bits per heavy atom. The molecule has 0 amide bonds. The molecule has 1 fully saturated rings. The molecule has 2 rings (SSSR count). The van der Waals surface area contributed by atoms with Gasteiger partial charge < -0.3 is 24.8 Å². The summed E-state index contributed by atoms with van der Waals surface area (Å²) < 4.78 is 10.3. The maximum atomic E-state index is 11.1. The zero-order chi connectivity index (χ0) is 22.0. The molecular weight excluding hydrogens is 404 g/mol. The van der Waals surface area contributed by atoms with Crippen LogP contribution < -0.4 is 4.74 Å². The molecule has 1 saturated carbocycles. The Kier molecular flexibility index (Phi) is 10.4. The van der Waals surface area contributed by atoms with Crippen LogP contribution in [0.15, 0.2) is 30.3 Å². The molecule has 0 saturated heterocycles. The summed E-state index contributed by atoms with van der Waals surface area (Å²) in [6.07, 6.45) is 4.26. The van der Waals surface area contributed by atoms with Crippen LogP contribution in [0.3, 0.4) is 0 Å². The first-order chi connectivity index (χ1) is 14.3. The lowest BCUT2D eigenvalue weighted by Crippen LogP contribution is -2.37. The standard InChI is InChI=1S/C23H36O6S/c1-23(27,15-29-17-10-6-5-7-11-17)16-30-22-18(19(24)14-20(22)25)12-8-3-4-9-13-21(26)28-2/h5-7,10-11,18-20,22,24-25,27H,3-4,8-9,12-16H2,1-2H3/t18-,19?,20?,22+,23?/m0/s1. The van der Waals surface area contributed by atoms with E-state index >= 15 is 0 Å². The summed E-state index contributed by atoms with van der Waals surface area (Å²) in [6, 6.07) is 9.38. The number of ether oxygens (including phenoxy) is 2. The van der Waals surface area contributed by atoms with Crippen LogP contribution in [0.2, 0.25) is 0 Å². The van der Waals surface area contributed by atoms with Crippen molar-refractivity contribution < 1.29 is 29.6 Å². The quantitative estimate of drug-likeness (QED) is 0.320. The van der Waals surface area contributed by atoms with Crippen LogP contribution in [0.5, 0.6) is 5.75 Å². The third-order valence-electron chi connectivity index (χ3n) is 5.55. The number of hydrogen-bond donors (Lipinski definition) is 3. The highest BCUT2D eigenvalue weighted by Gasteiger charge is 2.42. The molecule has 1 aromatic rings. The van der Waals surface area contributed by atoms with Crippen molar-refractivity contribution in [1.82, 2.24) is 0 Å². The monoisotopic (exact) mass is 440 g/mol. The topological polar surface area (TPSA) is 96.2 Å². The van der Waals surface area contributed by atoms with Gasteiger partial charge in [0.2, 0.25) is 0 Å². The number of thioether (sulfide) groups is 1. The highest BCUT2D eigenvalue weighted by atomic mass is 32.2. The number of carbonyl (C=O) groups excluding carboxylic acids is 1. The molecule has 170 valence electrons. The Labute approximate surface area is 184 Å². The number of unbranched alkanes of at least 4 members (excludes halogenated alkanes) is 3. The van der Waals surface area contributed by atoms with E-state index in [1.807, 2.05) is 30.3 Å². The number of aliphatic hydroxyl groups is 3. The van der Waals surface area contributed by atoms with E-state index in [9.17, 15) is 20.1 Å². The van der Waals surface area contributed by atoms with Crippen molar-refractivity contribution in [3.8, 4) is 5.75 Å². The van der Waals surface area contributed by atoms with Crippen LogP contribution in [0.25, 0.3) is 0 Å². The predicted molar refractivity (Wildman–Crippen MR) is 119 cm³/mol. The van der Waals surface area contributed by atoms with Crippen molar-refractivity contribution in [1.29, 1.82) is 0 Å². The zero-order valence-electron chi connectivity index (χ0n) is 18.0. The molecule has 0 spiro atoms. The largest absolute Gasteiger partial charge is 0.491 e. The number of carbonyl (C=O) groups is 1. The van der Waals surface area contributed by atoms with Gasteiger partial charge in [0.25, 0.3) is 0 Å². The van der Waals surface area contributed by atoms with Gasteiger partial charge in [-0.15, -0.1) is 0 Å². The number of methoxy groups -OCH3 is 1. The second-order valence-corrected chi connectivity index (χ2v) is 9.60. The molecule has 1 aromatic carbocycles. The Balaban J connectivity index is 1.74. The second kappa shape index (κ2) is 12.5. The molecule has 0 aromatic heterocycles. The molecule has 1 aliphatic rings. The van der Waals surface area contributed by atoms with Crippen LogP contribution in [0.4, 0.5) is 0 Å². The summed E-state index contributed by atoms with van der Waals surface area (Å²) in [5, 5.41) is 31.4. The number of hydrogen-bond acceptors (Lipinski definition) is 7. The van der Waals surface area contributed by atoms with E-state index in [4.69, 9.17) is 4.74 Å². The Morgan fingerprint density at radius 3 is 2.53 bits per heavy atom. The van der Waals surface area contributed by atoms with Crippen molar-refractivity contribution in [2.45, 2.75) is 74.9 Å². The van der Waals surface area contributed by atoms with E-state index in [0.717, 1.165) is 32.1 Å². The molecule has 30 heavy (non-hydrogen) atoms. The van der Waals surface area contributed by atoms with Crippen LogP contribution in [-0.2, 0) is 9.53 Å². The molecule has 0 heterocycles. The third kappa shape index (κ3) is 8.46. The van der Waals surface area contributed by atoms with Gasteiger partial charge in [-0.25, -0.2) is 0 Å². The summed E-state index contributed by atoms with van der Waals surface area (Å²) in [6.45, 7) is 1.90. The molecule has 5 atom stereocenters. The van der Waals surface area contributed by atoms with E-state index in [1.54, 1.807) is 6.92 Å². The number of esters is 1. The van der Waals surface area contributed by atoms with Crippen molar-refractivity contribution in [3.63, 3.8) is 0 Å². The Morgan fingerprint density at radius 1 is 1.13 bits per heavy atom. The second-order valence-electron chi connectivity index (χ2n) is 8.44. The maximum absolute atomic E-state index is 11.1. The highest BCUT2D eigenvalue weighted by Crippen LogP contribution is 2.40. The Bertz CT molecular complexity index is 623. The van der Waals surface area contributed by atoms with Gasteiger partial charge in [0.1, 0.15) is 18.0 Å². The summed E-state index contributed by atoms with van der Waals surface area (Å²) >= 11 is 1.52. The zero-order valence-corrected chi connectivity index (χ0v) is 18.9. The van der Waals surface area contributed by atoms with E-state index in [-0.39, 0.29) is 23.7 Å². The van der Waals surface area contributed by atoms with Crippen LogP contribution >= 0.6 is 11.8 Å². The smallest absolute Gasteiger partial charge is 0.305 e. The molecule has 0 bridgehead atoms. The van der Waals surface area contributed by atoms with Crippen LogP contribution in [0.1, 0.15) is 51.9 Å². The fourth-order valence-electron chi connectivity index (χ4n) is 3.83. The lowest BCUT2D eigenvalue weighted by molar-refractivity contribution is -0.140. The maximum Gasteiger partial charge on any atom is 0.305 e. The molecule has 1 aliphatic carbocycles. The van der Waals surface area contributed by atoms with E-state index in [1.165, 1.54) is 18.9 Å². The molecular formula is C23H36O6S. The lowest BCUT2D eigenvalue weighted by Gasteiger charge is -2.28. The normalized spacial score (nSPS) is 25.6. The molecule has 0 aliphatic heterocycles. The molecule has 3 N–H and O–H groups in total. The van der Waals surface area contributed by atoms with Gasteiger partial charge in [-0.3, -0.25) is 4.79 Å². The lowest BCUT2D eigenvalue weighted by atomic mass is 9.97. The first kappa shape index (κ1) is 25.0. The molecule has 0 radical (unpaired) electrons. The summed E-state index contributed by atoms with van der Waals surface area (Å²) in [5.41, 5.74) is -1.04. The first-order valence-electron chi connectivity index (χ1n) is 10.8. The number of para-hydroxylation sites is 1. The fraction of sp³-hybridized carbons (Fsp3) is 0.696. The van der Waals surface area contributed by atoms with E-state index in [0.29, 0.717) is 24.3 Å². The Hall–Kier alpha value is -1.28. The molecule has 7 heteroatoms. The third-order valence-corrected chi connectivity index (χ3v) is 7.39. The average Bonchev–Trinajstić information content (AvgIpc) is 3.00. The van der Waals surface area contributed by atoms with Crippen LogP contribution in [-0.4, -0.2) is 63.8 Å². The first-order valence-corrected chi connectivity index (χ1v) is 11.8. The van der Waals surface area contributed by atoms with Gasteiger partial charge in [-0.05, 0) is 37.8 Å². The highest BCUT2D eigenvalue weighted by molar-refractivity contribution is 8.00. The number of aliphatic hydroxyl groups excluding tert-OH is 2. The average molecular weight is 441 g/mol. The van der Waals surface area contributed by atoms with Gasteiger partial charge in [0, 0.05) is 23.8 Å². The van der Waals surface area contributed by atoms with Gasteiger partial charge in [-0.1, -0.05) is 37.5 Å². The predicted octanol–water partition coefficient (Wildman–Crippen LogP) is 3.17. The van der Waals surface area contributed by atoms with Gasteiger partial charge in [-0.2, -0.15) is 11.8 Å². The van der Waals surface area contributed by atoms with E-state index < -0.39 is 17.8 Å². The van der Waals surface area contributed by atoms with Crippen molar-refractivity contribution in [2.75, 3.05) is 19.5 Å². The number of benzene rings is 1. The summed E-state index contributed by atoms with van der Waals surface area (Å²) in [7, 11) is 1.40.